The number of nitrogens with zero attached hydrogens (tertiary/aromatic N) is 1. The number of nitrogens with one attached hydrogen (secondary N) is 1. The van der Waals surface area contributed by atoms with Crippen LogP contribution < -0.4 is 15.8 Å². The topological polar surface area (TPSA) is 77.2 Å². The second-order valence-electron chi connectivity index (χ2n) is 3.81. The van der Waals surface area contributed by atoms with E-state index in [1.165, 1.54) is 6.20 Å². The highest BCUT2D eigenvalue weighted by Crippen LogP contribution is 2.16. The molecular formula is C11H16ClN3O2. The van der Waals surface area contributed by atoms with Crippen LogP contribution in [-0.2, 0) is 0 Å². The predicted molar refractivity (Wildman–Crippen MR) is 66.5 cm³/mol. The third-order valence-electron chi connectivity index (χ3n) is 2.57. The Morgan fingerprint density at radius 1 is 1.47 bits per heavy atom. The minimum atomic E-state index is -0.532. The fourth-order valence-corrected chi connectivity index (χ4v) is 1.72. The standard InChI is InChI=1S/C11H15N3O2.ClH/c12-11(15)10-7-9(3-6-14-10)16-8-1-4-13-5-2-8;/h3,6-8,13H,1-2,4-5H2,(H2,12,15);1H. The zero-order chi connectivity index (χ0) is 11.4. The zero-order valence-electron chi connectivity index (χ0n) is 9.39. The molecule has 2 heterocycles. The Kier molecular flexibility index (Phi) is 5.18. The van der Waals surface area contributed by atoms with Gasteiger partial charge >= 0.3 is 0 Å². The molecule has 0 radical (unpaired) electrons. The van der Waals surface area contributed by atoms with E-state index in [4.69, 9.17) is 10.5 Å². The summed E-state index contributed by atoms with van der Waals surface area (Å²) in [5.41, 5.74) is 5.39. The molecule has 5 nitrogen and oxygen atoms in total. The van der Waals surface area contributed by atoms with E-state index >= 15 is 0 Å². The van der Waals surface area contributed by atoms with E-state index in [1.807, 2.05) is 0 Å². The first-order chi connectivity index (χ1) is 7.75. The van der Waals surface area contributed by atoms with Gasteiger partial charge in [0.2, 0.25) is 0 Å². The van der Waals surface area contributed by atoms with Crippen molar-refractivity contribution in [3.8, 4) is 5.75 Å². The molecule has 1 aliphatic heterocycles. The molecular weight excluding hydrogens is 242 g/mol. The fourth-order valence-electron chi connectivity index (χ4n) is 1.72. The number of piperidine rings is 1. The van der Waals surface area contributed by atoms with E-state index in [0.29, 0.717) is 5.75 Å². The maximum atomic E-state index is 10.9. The van der Waals surface area contributed by atoms with E-state index in [-0.39, 0.29) is 24.2 Å². The van der Waals surface area contributed by atoms with Gasteiger partial charge in [-0.1, -0.05) is 0 Å². The van der Waals surface area contributed by atoms with E-state index in [9.17, 15) is 4.79 Å². The average Bonchev–Trinajstić information content (AvgIpc) is 2.30. The van der Waals surface area contributed by atoms with E-state index in [2.05, 4.69) is 10.3 Å². The molecule has 0 bridgehead atoms. The summed E-state index contributed by atoms with van der Waals surface area (Å²) in [6, 6.07) is 3.33. The van der Waals surface area contributed by atoms with Gasteiger partial charge in [0, 0.05) is 12.3 Å². The lowest BCUT2D eigenvalue weighted by Gasteiger charge is -2.23. The molecule has 1 aromatic heterocycles. The lowest BCUT2D eigenvalue weighted by Crippen LogP contribution is -2.34. The first kappa shape index (κ1) is 13.7. The number of aromatic nitrogens is 1. The summed E-state index contributed by atoms with van der Waals surface area (Å²) in [4.78, 5) is 14.8. The first-order valence-electron chi connectivity index (χ1n) is 5.39. The van der Waals surface area contributed by atoms with Crippen LogP contribution in [0.1, 0.15) is 23.3 Å². The normalized spacial score (nSPS) is 16.0. The van der Waals surface area contributed by atoms with Crippen LogP contribution in [0, 0.1) is 0 Å². The Bertz CT molecular complexity index is 381. The maximum Gasteiger partial charge on any atom is 0.267 e. The van der Waals surface area contributed by atoms with E-state index in [1.54, 1.807) is 12.1 Å². The van der Waals surface area contributed by atoms with Crippen molar-refractivity contribution in [2.24, 2.45) is 5.73 Å². The quantitative estimate of drug-likeness (QED) is 0.837. The molecule has 1 aliphatic rings. The van der Waals surface area contributed by atoms with Gasteiger partial charge in [-0.2, -0.15) is 0 Å². The highest BCUT2D eigenvalue weighted by atomic mass is 35.5. The number of amides is 1. The number of carbonyl (C=O) groups is 1. The Balaban J connectivity index is 0.00000144. The number of rotatable bonds is 3. The zero-order valence-corrected chi connectivity index (χ0v) is 10.2. The number of nitrogens with two attached hydrogens (primary N) is 1. The number of ether oxygens (including phenoxy) is 1. The van der Waals surface area contributed by atoms with Gasteiger partial charge in [-0.3, -0.25) is 9.78 Å². The molecule has 94 valence electrons. The molecule has 6 heteroatoms. The van der Waals surface area contributed by atoms with Gasteiger partial charge in [-0.05, 0) is 32.0 Å². The number of pyridine rings is 1. The molecule has 1 saturated heterocycles. The summed E-state index contributed by atoms with van der Waals surface area (Å²) in [7, 11) is 0. The van der Waals surface area contributed by atoms with Gasteiger partial charge in [0.1, 0.15) is 17.5 Å². The Morgan fingerprint density at radius 2 is 2.18 bits per heavy atom. The molecule has 17 heavy (non-hydrogen) atoms. The summed E-state index contributed by atoms with van der Waals surface area (Å²) < 4.78 is 5.76. The lowest BCUT2D eigenvalue weighted by molar-refractivity contribution is 0.0994. The van der Waals surface area contributed by atoms with Crippen molar-refractivity contribution in [3.05, 3.63) is 24.0 Å². The monoisotopic (exact) mass is 257 g/mol. The fraction of sp³-hybridized carbons (Fsp3) is 0.455. The van der Waals surface area contributed by atoms with Crippen LogP contribution in [0.4, 0.5) is 0 Å². The van der Waals surface area contributed by atoms with Crippen LogP contribution in [-0.4, -0.2) is 30.1 Å². The summed E-state index contributed by atoms with van der Waals surface area (Å²) >= 11 is 0. The molecule has 1 aromatic rings. The maximum absolute atomic E-state index is 10.9. The van der Waals surface area contributed by atoms with Crippen LogP contribution in [0.15, 0.2) is 18.3 Å². The SMILES string of the molecule is Cl.NC(=O)c1cc(OC2CCNCC2)ccn1. The minimum absolute atomic E-state index is 0. The summed E-state index contributed by atoms with van der Waals surface area (Å²) in [6.45, 7) is 1.94. The van der Waals surface area contributed by atoms with Crippen LogP contribution in [0.2, 0.25) is 0 Å². The molecule has 1 fully saturated rings. The second kappa shape index (κ2) is 6.42. The summed E-state index contributed by atoms with van der Waals surface area (Å²) in [5.74, 6) is 0.131. The van der Waals surface area contributed by atoms with Crippen molar-refractivity contribution < 1.29 is 9.53 Å². The Labute approximate surface area is 106 Å². The van der Waals surface area contributed by atoms with Crippen molar-refractivity contribution in [2.45, 2.75) is 18.9 Å². The molecule has 0 saturated carbocycles. The van der Waals surface area contributed by atoms with Crippen molar-refractivity contribution in [1.82, 2.24) is 10.3 Å². The number of primary amides is 1. The lowest BCUT2D eigenvalue weighted by atomic mass is 10.1. The van der Waals surface area contributed by atoms with Crippen molar-refractivity contribution in [2.75, 3.05) is 13.1 Å². The highest BCUT2D eigenvalue weighted by Gasteiger charge is 2.14. The molecule has 3 N–H and O–H groups in total. The highest BCUT2D eigenvalue weighted by molar-refractivity contribution is 5.91. The molecule has 0 aliphatic carbocycles. The summed E-state index contributed by atoms with van der Waals surface area (Å²) in [6.07, 6.45) is 3.71. The molecule has 2 rings (SSSR count). The smallest absolute Gasteiger partial charge is 0.267 e. The molecule has 0 atom stereocenters. The largest absolute Gasteiger partial charge is 0.490 e. The van der Waals surface area contributed by atoms with Crippen molar-refractivity contribution in [1.29, 1.82) is 0 Å². The van der Waals surface area contributed by atoms with Crippen LogP contribution in [0.3, 0.4) is 0 Å². The van der Waals surface area contributed by atoms with Gasteiger partial charge < -0.3 is 15.8 Å². The van der Waals surface area contributed by atoms with Gasteiger partial charge in [0.15, 0.2) is 0 Å². The van der Waals surface area contributed by atoms with E-state index < -0.39 is 5.91 Å². The van der Waals surface area contributed by atoms with Gasteiger partial charge in [-0.15, -0.1) is 12.4 Å². The van der Waals surface area contributed by atoms with Gasteiger partial charge in [0.25, 0.3) is 5.91 Å². The van der Waals surface area contributed by atoms with Crippen LogP contribution >= 0.6 is 12.4 Å². The van der Waals surface area contributed by atoms with Crippen LogP contribution in [0.25, 0.3) is 0 Å². The number of carbonyl (C=O) groups excluding carboxylic acids is 1. The third-order valence-corrected chi connectivity index (χ3v) is 2.57. The molecule has 0 spiro atoms. The Morgan fingerprint density at radius 3 is 2.82 bits per heavy atom. The third kappa shape index (κ3) is 3.87. The molecule has 0 aromatic carbocycles. The minimum Gasteiger partial charge on any atom is -0.490 e. The number of halogens is 1. The summed E-state index contributed by atoms with van der Waals surface area (Å²) in [5, 5.41) is 3.26. The Hall–Kier alpha value is -1.33. The second-order valence-corrected chi connectivity index (χ2v) is 3.81. The molecule has 0 unspecified atom stereocenters. The molecule has 1 amide bonds. The van der Waals surface area contributed by atoms with Crippen LogP contribution in [0.5, 0.6) is 5.75 Å². The predicted octanol–water partition coefficient (Wildman–Crippen LogP) is 0.733. The average molecular weight is 258 g/mol. The van der Waals surface area contributed by atoms with Gasteiger partial charge in [0.05, 0.1) is 0 Å². The van der Waals surface area contributed by atoms with Gasteiger partial charge in [-0.25, -0.2) is 0 Å². The number of hydrogen-bond donors (Lipinski definition) is 2. The van der Waals surface area contributed by atoms with Crippen molar-refractivity contribution in [3.63, 3.8) is 0 Å². The first-order valence-corrected chi connectivity index (χ1v) is 5.39. The van der Waals surface area contributed by atoms with E-state index in [0.717, 1.165) is 25.9 Å². The van der Waals surface area contributed by atoms with Crippen molar-refractivity contribution >= 4 is 18.3 Å². The number of hydrogen-bond acceptors (Lipinski definition) is 4.